The molecule has 2 N–H and O–H groups in total. The Hall–Kier alpha value is -4.05. The summed E-state index contributed by atoms with van der Waals surface area (Å²) in [6.07, 6.45) is 0.0819. The van der Waals surface area contributed by atoms with E-state index < -0.39 is 35.6 Å². The minimum atomic E-state index is -1.09. The molecule has 0 bridgehead atoms. The Morgan fingerprint density at radius 3 is 2.34 bits per heavy atom. The molecule has 1 atom stereocenters. The second kappa shape index (κ2) is 8.95. The van der Waals surface area contributed by atoms with E-state index in [-0.39, 0.29) is 29.5 Å². The quantitative estimate of drug-likeness (QED) is 0.636. The molecule has 3 heterocycles. The summed E-state index contributed by atoms with van der Waals surface area (Å²) in [5.41, 5.74) is 1.71. The Morgan fingerprint density at radius 1 is 0.943 bits per heavy atom. The zero-order chi connectivity index (χ0) is 24.7. The smallest absolute Gasteiger partial charge is 0.263 e. The number of rotatable bonds is 4. The lowest BCUT2D eigenvalue weighted by molar-refractivity contribution is -0.136. The number of carbonyl (C=O) groups is 5. The van der Waals surface area contributed by atoms with E-state index in [2.05, 4.69) is 27.5 Å². The number of amides is 5. The molecule has 3 aliphatic rings. The summed E-state index contributed by atoms with van der Waals surface area (Å²) in [6, 6.07) is 10.9. The van der Waals surface area contributed by atoms with Crippen LogP contribution in [0.2, 0.25) is 0 Å². The molecule has 10 heteroatoms. The molecule has 1 unspecified atom stereocenters. The molecule has 180 valence electrons. The fraction of sp³-hybridized carbons (Fsp3) is 0.320. The number of benzene rings is 2. The average molecular weight is 476 g/mol. The number of carbonyl (C=O) groups excluding carboxylic acids is 5. The highest BCUT2D eigenvalue weighted by Gasteiger charge is 2.46. The van der Waals surface area contributed by atoms with Gasteiger partial charge in [-0.1, -0.05) is 6.07 Å². The highest BCUT2D eigenvalue weighted by molar-refractivity contribution is 6.27. The lowest BCUT2D eigenvalue weighted by atomic mass is 10.0. The first-order valence-electron chi connectivity index (χ1n) is 11.5. The van der Waals surface area contributed by atoms with Gasteiger partial charge in [0, 0.05) is 44.0 Å². The van der Waals surface area contributed by atoms with E-state index in [1.807, 2.05) is 12.1 Å². The van der Waals surface area contributed by atoms with Crippen molar-refractivity contribution in [2.75, 3.05) is 43.4 Å². The van der Waals surface area contributed by atoms with Gasteiger partial charge >= 0.3 is 0 Å². The molecule has 2 aromatic rings. The van der Waals surface area contributed by atoms with Gasteiger partial charge in [0.1, 0.15) is 6.04 Å². The summed E-state index contributed by atoms with van der Waals surface area (Å²) in [5, 5.41) is 4.96. The van der Waals surface area contributed by atoms with Crippen LogP contribution in [0.25, 0.3) is 0 Å². The second-order valence-corrected chi connectivity index (χ2v) is 8.97. The number of nitrogens with one attached hydrogen (secondary N) is 2. The van der Waals surface area contributed by atoms with E-state index in [1.165, 1.54) is 18.2 Å². The van der Waals surface area contributed by atoms with Gasteiger partial charge in [0.25, 0.3) is 17.7 Å². The number of likely N-dealkylation sites (N-methyl/N-ethyl adjacent to an activating group) is 1. The summed E-state index contributed by atoms with van der Waals surface area (Å²) in [6.45, 7) is 3.83. The summed E-state index contributed by atoms with van der Waals surface area (Å²) in [4.78, 5) is 68.5. The van der Waals surface area contributed by atoms with E-state index in [1.54, 1.807) is 12.1 Å². The number of piperidine rings is 1. The van der Waals surface area contributed by atoms with Crippen LogP contribution in [0.15, 0.2) is 42.5 Å². The van der Waals surface area contributed by atoms with Crippen molar-refractivity contribution in [1.82, 2.24) is 15.1 Å². The largest absolute Gasteiger partial charge is 0.369 e. The third kappa shape index (κ3) is 4.17. The lowest BCUT2D eigenvalue weighted by Crippen LogP contribution is -2.54. The Labute approximate surface area is 201 Å². The molecule has 5 rings (SSSR count). The Balaban J connectivity index is 1.34. The maximum atomic E-state index is 13.2. The van der Waals surface area contributed by atoms with Gasteiger partial charge in [-0.3, -0.25) is 34.2 Å². The van der Waals surface area contributed by atoms with Crippen molar-refractivity contribution >= 4 is 40.9 Å². The van der Waals surface area contributed by atoms with Crippen molar-refractivity contribution in [3.63, 3.8) is 0 Å². The second-order valence-electron chi connectivity index (χ2n) is 8.97. The minimum absolute atomic E-state index is 0.0290. The maximum Gasteiger partial charge on any atom is 0.263 e. The first-order valence-corrected chi connectivity index (χ1v) is 11.5. The SMILES string of the molecule is CN1CCN(c2ccc(NC(=O)c3cccc4c3C(=O)N(C3CCC(=O)NC3=O)C4=O)cc2)CC1. The lowest BCUT2D eigenvalue weighted by Gasteiger charge is -2.34. The van der Waals surface area contributed by atoms with Gasteiger partial charge in [0.2, 0.25) is 11.8 Å². The molecule has 10 nitrogen and oxygen atoms in total. The van der Waals surface area contributed by atoms with E-state index in [9.17, 15) is 24.0 Å². The average Bonchev–Trinajstić information content (AvgIpc) is 3.10. The number of hydrogen-bond donors (Lipinski definition) is 2. The number of hydrogen-bond acceptors (Lipinski definition) is 7. The van der Waals surface area contributed by atoms with Crippen molar-refractivity contribution < 1.29 is 24.0 Å². The Morgan fingerprint density at radius 2 is 1.66 bits per heavy atom. The van der Waals surface area contributed by atoms with Gasteiger partial charge in [-0.15, -0.1) is 0 Å². The molecule has 0 aliphatic carbocycles. The molecule has 5 amide bonds. The predicted molar refractivity (Wildman–Crippen MR) is 127 cm³/mol. The van der Waals surface area contributed by atoms with E-state index in [0.717, 1.165) is 36.8 Å². The minimum Gasteiger partial charge on any atom is -0.369 e. The fourth-order valence-corrected chi connectivity index (χ4v) is 4.72. The standard InChI is InChI=1S/C25H25N5O5/c1-28-11-13-29(14-12-28)16-7-5-15(6-8-16)26-22(32)17-3-2-4-18-21(17)25(35)30(24(18)34)19-9-10-20(31)27-23(19)33/h2-8,19H,9-14H2,1H3,(H,26,32)(H,27,31,33). The molecule has 3 aliphatic heterocycles. The molecule has 0 saturated carbocycles. The van der Waals surface area contributed by atoms with Gasteiger partial charge in [-0.25, -0.2) is 0 Å². The van der Waals surface area contributed by atoms with Crippen molar-refractivity contribution in [1.29, 1.82) is 0 Å². The highest BCUT2D eigenvalue weighted by atomic mass is 16.2. The molecular weight excluding hydrogens is 450 g/mol. The number of anilines is 2. The van der Waals surface area contributed by atoms with Crippen molar-refractivity contribution in [2.24, 2.45) is 0 Å². The van der Waals surface area contributed by atoms with Crippen LogP contribution in [0.3, 0.4) is 0 Å². The maximum absolute atomic E-state index is 13.2. The number of fused-ring (bicyclic) bond motifs is 1. The monoisotopic (exact) mass is 475 g/mol. The normalized spacial score (nSPS) is 20.7. The van der Waals surface area contributed by atoms with E-state index in [4.69, 9.17) is 0 Å². The molecule has 2 aromatic carbocycles. The Kier molecular flexibility index (Phi) is 5.81. The van der Waals surface area contributed by atoms with Crippen molar-refractivity contribution in [3.8, 4) is 0 Å². The highest BCUT2D eigenvalue weighted by Crippen LogP contribution is 2.30. The van der Waals surface area contributed by atoms with Crippen molar-refractivity contribution in [2.45, 2.75) is 18.9 Å². The first kappa shape index (κ1) is 22.7. The zero-order valence-electron chi connectivity index (χ0n) is 19.2. The summed E-state index contributed by atoms with van der Waals surface area (Å²) >= 11 is 0. The van der Waals surface area contributed by atoms with Crippen LogP contribution < -0.4 is 15.5 Å². The zero-order valence-corrected chi connectivity index (χ0v) is 19.2. The summed E-state index contributed by atoms with van der Waals surface area (Å²) in [5.74, 6) is -3.02. The third-order valence-electron chi connectivity index (χ3n) is 6.71. The van der Waals surface area contributed by atoms with Gasteiger partial charge in [0.05, 0.1) is 16.7 Å². The van der Waals surface area contributed by atoms with Crippen LogP contribution in [-0.4, -0.2) is 78.6 Å². The third-order valence-corrected chi connectivity index (χ3v) is 6.71. The van der Waals surface area contributed by atoms with Crippen LogP contribution in [0.1, 0.15) is 43.9 Å². The fourth-order valence-electron chi connectivity index (χ4n) is 4.72. The molecular formula is C25H25N5O5. The first-order chi connectivity index (χ1) is 16.8. The molecule has 0 radical (unpaired) electrons. The molecule has 2 fully saturated rings. The number of piperazine rings is 1. The van der Waals surface area contributed by atoms with Crippen molar-refractivity contribution in [3.05, 3.63) is 59.2 Å². The van der Waals surface area contributed by atoms with E-state index >= 15 is 0 Å². The van der Waals surface area contributed by atoms with Gasteiger partial charge < -0.3 is 15.1 Å². The van der Waals surface area contributed by atoms with Crippen LogP contribution in [-0.2, 0) is 9.59 Å². The van der Waals surface area contributed by atoms with Crippen LogP contribution >= 0.6 is 0 Å². The van der Waals surface area contributed by atoms with Crippen LogP contribution in [0.5, 0.6) is 0 Å². The van der Waals surface area contributed by atoms with Crippen LogP contribution in [0, 0.1) is 0 Å². The van der Waals surface area contributed by atoms with Gasteiger partial charge in [-0.2, -0.15) is 0 Å². The topological polar surface area (TPSA) is 119 Å². The van der Waals surface area contributed by atoms with Crippen LogP contribution in [0.4, 0.5) is 11.4 Å². The molecule has 0 aromatic heterocycles. The number of nitrogens with zero attached hydrogens (tertiary/aromatic N) is 3. The predicted octanol–water partition coefficient (Wildman–Crippen LogP) is 1.09. The summed E-state index contributed by atoms with van der Waals surface area (Å²) in [7, 11) is 2.10. The number of imide groups is 2. The van der Waals surface area contributed by atoms with Gasteiger partial charge in [-0.05, 0) is 49.9 Å². The molecule has 35 heavy (non-hydrogen) atoms. The van der Waals surface area contributed by atoms with Gasteiger partial charge in [0.15, 0.2) is 0 Å². The summed E-state index contributed by atoms with van der Waals surface area (Å²) < 4.78 is 0. The molecule has 0 spiro atoms. The molecule has 2 saturated heterocycles. The van der Waals surface area contributed by atoms with E-state index in [0.29, 0.717) is 5.69 Å². The Bertz CT molecular complexity index is 1230.